The van der Waals surface area contributed by atoms with Gasteiger partial charge in [-0.15, -0.1) is 0 Å². The lowest BCUT2D eigenvalue weighted by Crippen LogP contribution is -2.18. The predicted molar refractivity (Wildman–Crippen MR) is 71.5 cm³/mol. The molecule has 1 aromatic rings. The van der Waals surface area contributed by atoms with Gasteiger partial charge >= 0.3 is 0 Å². The molecule has 2 atom stereocenters. The van der Waals surface area contributed by atoms with Crippen LogP contribution in [0.3, 0.4) is 0 Å². The van der Waals surface area contributed by atoms with Crippen LogP contribution in [0, 0.1) is 23.0 Å². The standard InChI is InChI=1S/C14H20N2O2/c1-3-5-11-8-13(11)15-9-12-6-4-7-14(10(12)2)16(17)18/h4,6-7,11,13,15H,3,5,8-9H2,1-2H3. The van der Waals surface area contributed by atoms with Crippen LogP contribution in [0.2, 0.25) is 0 Å². The van der Waals surface area contributed by atoms with Gasteiger partial charge in [-0.25, -0.2) is 0 Å². The summed E-state index contributed by atoms with van der Waals surface area (Å²) in [5.74, 6) is 0.814. The summed E-state index contributed by atoms with van der Waals surface area (Å²) in [6.07, 6.45) is 3.77. The van der Waals surface area contributed by atoms with E-state index < -0.39 is 0 Å². The fourth-order valence-electron chi connectivity index (χ4n) is 2.49. The molecule has 98 valence electrons. The van der Waals surface area contributed by atoms with Crippen LogP contribution in [-0.4, -0.2) is 11.0 Å². The van der Waals surface area contributed by atoms with Gasteiger partial charge in [0, 0.05) is 24.2 Å². The lowest BCUT2D eigenvalue weighted by Gasteiger charge is -2.07. The van der Waals surface area contributed by atoms with Gasteiger partial charge in [0.2, 0.25) is 0 Å². The molecule has 1 N–H and O–H groups in total. The molecule has 0 bridgehead atoms. The summed E-state index contributed by atoms with van der Waals surface area (Å²) in [7, 11) is 0. The molecule has 1 aliphatic rings. The summed E-state index contributed by atoms with van der Waals surface area (Å²) in [5.41, 5.74) is 2.03. The quantitative estimate of drug-likeness (QED) is 0.621. The minimum Gasteiger partial charge on any atom is -0.310 e. The molecule has 1 aliphatic carbocycles. The van der Waals surface area contributed by atoms with Crippen molar-refractivity contribution in [3.8, 4) is 0 Å². The molecule has 0 aromatic heterocycles. The van der Waals surface area contributed by atoms with Gasteiger partial charge in [-0.1, -0.05) is 25.5 Å². The van der Waals surface area contributed by atoms with Crippen LogP contribution in [0.25, 0.3) is 0 Å². The van der Waals surface area contributed by atoms with Gasteiger partial charge in [0.15, 0.2) is 0 Å². The second-order valence-corrected chi connectivity index (χ2v) is 5.09. The Morgan fingerprint density at radius 3 is 2.94 bits per heavy atom. The van der Waals surface area contributed by atoms with Crippen molar-refractivity contribution in [1.29, 1.82) is 0 Å². The van der Waals surface area contributed by atoms with Crippen LogP contribution >= 0.6 is 0 Å². The van der Waals surface area contributed by atoms with Crippen LogP contribution in [0.4, 0.5) is 5.69 Å². The van der Waals surface area contributed by atoms with Crippen molar-refractivity contribution < 1.29 is 4.92 Å². The van der Waals surface area contributed by atoms with E-state index in [1.165, 1.54) is 19.3 Å². The number of nitrogens with one attached hydrogen (secondary N) is 1. The maximum absolute atomic E-state index is 10.8. The highest BCUT2D eigenvalue weighted by Gasteiger charge is 2.35. The summed E-state index contributed by atoms with van der Waals surface area (Å²) in [6, 6.07) is 5.91. The van der Waals surface area contributed by atoms with Gasteiger partial charge < -0.3 is 5.32 Å². The molecule has 1 fully saturated rings. The average molecular weight is 248 g/mol. The topological polar surface area (TPSA) is 55.2 Å². The van der Waals surface area contributed by atoms with Crippen LogP contribution in [0.15, 0.2) is 18.2 Å². The molecule has 2 unspecified atom stereocenters. The molecular formula is C14H20N2O2. The van der Waals surface area contributed by atoms with Crippen LogP contribution in [0.5, 0.6) is 0 Å². The van der Waals surface area contributed by atoms with Gasteiger partial charge in [0.25, 0.3) is 5.69 Å². The minimum atomic E-state index is -0.310. The largest absolute Gasteiger partial charge is 0.310 e. The molecule has 0 heterocycles. The van der Waals surface area contributed by atoms with E-state index in [2.05, 4.69) is 12.2 Å². The molecule has 1 aromatic carbocycles. The Morgan fingerprint density at radius 1 is 1.50 bits per heavy atom. The zero-order valence-corrected chi connectivity index (χ0v) is 11.0. The molecule has 0 aliphatic heterocycles. The second kappa shape index (κ2) is 5.48. The summed E-state index contributed by atoms with van der Waals surface area (Å²) in [4.78, 5) is 10.5. The van der Waals surface area contributed by atoms with Crippen molar-refractivity contribution >= 4 is 5.69 Å². The van der Waals surface area contributed by atoms with E-state index in [1.54, 1.807) is 12.1 Å². The Morgan fingerprint density at radius 2 is 2.28 bits per heavy atom. The van der Waals surface area contributed by atoms with E-state index >= 15 is 0 Å². The molecule has 2 rings (SSSR count). The predicted octanol–water partition coefficient (Wildman–Crippen LogP) is 3.18. The first-order chi connectivity index (χ1) is 8.63. The third-order valence-corrected chi connectivity index (χ3v) is 3.75. The molecular weight excluding hydrogens is 228 g/mol. The summed E-state index contributed by atoms with van der Waals surface area (Å²) in [6.45, 7) is 4.77. The first-order valence-electron chi connectivity index (χ1n) is 6.59. The second-order valence-electron chi connectivity index (χ2n) is 5.09. The first-order valence-corrected chi connectivity index (χ1v) is 6.59. The number of nitro benzene ring substituents is 1. The zero-order chi connectivity index (χ0) is 13.1. The van der Waals surface area contributed by atoms with Crippen molar-refractivity contribution in [2.24, 2.45) is 5.92 Å². The van der Waals surface area contributed by atoms with Crippen LogP contribution in [0.1, 0.15) is 37.3 Å². The third-order valence-electron chi connectivity index (χ3n) is 3.75. The normalized spacial score (nSPS) is 21.9. The monoisotopic (exact) mass is 248 g/mol. The maximum Gasteiger partial charge on any atom is 0.272 e. The van der Waals surface area contributed by atoms with Crippen molar-refractivity contribution in [2.75, 3.05) is 0 Å². The van der Waals surface area contributed by atoms with Crippen molar-refractivity contribution in [3.05, 3.63) is 39.4 Å². The molecule has 0 spiro atoms. The van der Waals surface area contributed by atoms with Crippen molar-refractivity contribution in [1.82, 2.24) is 5.32 Å². The van der Waals surface area contributed by atoms with Gasteiger partial charge in [-0.3, -0.25) is 10.1 Å². The Labute approximate surface area is 108 Å². The lowest BCUT2D eigenvalue weighted by molar-refractivity contribution is -0.385. The molecule has 4 heteroatoms. The highest BCUT2D eigenvalue weighted by Crippen LogP contribution is 2.35. The smallest absolute Gasteiger partial charge is 0.272 e. The van der Waals surface area contributed by atoms with Crippen molar-refractivity contribution in [3.63, 3.8) is 0 Å². The average Bonchev–Trinajstić information content (AvgIpc) is 3.06. The highest BCUT2D eigenvalue weighted by molar-refractivity contribution is 5.44. The maximum atomic E-state index is 10.8. The van der Waals surface area contributed by atoms with E-state index in [4.69, 9.17) is 0 Å². The fourth-order valence-corrected chi connectivity index (χ4v) is 2.49. The fraction of sp³-hybridized carbons (Fsp3) is 0.571. The Bertz CT molecular complexity index is 445. The number of hydrogen-bond acceptors (Lipinski definition) is 3. The molecule has 18 heavy (non-hydrogen) atoms. The highest BCUT2D eigenvalue weighted by atomic mass is 16.6. The van der Waals surface area contributed by atoms with E-state index in [-0.39, 0.29) is 10.6 Å². The minimum absolute atomic E-state index is 0.218. The Hall–Kier alpha value is -1.42. The van der Waals surface area contributed by atoms with Gasteiger partial charge in [-0.2, -0.15) is 0 Å². The molecule has 1 saturated carbocycles. The number of hydrogen-bond donors (Lipinski definition) is 1. The Balaban J connectivity index is 1.94. The lowest BCUT2D eigenvalue weighted by atomic mass is 10.1. The van der Waals surface area contributed by atoms with E-state index in [1.807, 2.05) is 13.0 Å². The summed E-state index contributed by atoms with van der Waals surface area (Å²) >= 11 is 0. The molecule has 0 radical (unpaired) electrons. The molecule has 0 amide bonds. The van der Waals surface area contributed by atoms with E-state index in [0.29, 0.717) is 6.04 Å². The summed E-state index contributed by atoms with van der Waals surface area (Å²) < 4.78 is 0. The van der Waals surface area contributed by atoms with Gasteiger partial charge in [0.05, 0.1) is 4.92 Å². The summed E-state index contributed by atoms with van der Waals surface area (Å²) in [5, 5.41) is 14.3. The Kier molecular flexibility index (Phi) is 3.97. The van der Waals surface area contributed by atoms with Crippen molar-refractivity contribution in [2.45, 2.75) is 45.7 Å². The van der Waals surface area contributed by atoms with Gasteiger partial charge in [-0.05, 0) is 31.2 Å². The molecule has 0 saturated heterocycles. The number of nitro groups is 1. The van der Waals surface area contributed by atoms with Gasteiger partial charge in [0.1, 0.15) is 0 Å². The molecule has 4 nitrogen and oxygen atoms in total. The number of nitrogens with zero attached hydrogens (tertiary/aromatic N) is 1. The van der Waals surface area contributed by atoms with E-state index in [9.17, 15) is 10.1 Å². The van der Waals surface area contributed by atoms with E-state index in [0.717, 1.165) is 23.6 Å². The number of benzene rings is 1. The zero-order valence-electron chi connectivity index (χ0n) is 11.0. The number of rotatable bonds is 6. The van der Waals surface area contributed by atoms with Crippen LogP contribution in [-0.2, 0) is 6.54 Å². The third kappa shape index (κ3) is 2.88. The first kappa shape index (κ1) is 13.0. The SMILES string of the molecule is CCCC1CC1NCc1cccc([N+](=O)[O-])c1C. The van der Waals surface area contributed by atoms with Crippen LogP contribution < -0.4 is 5.32 Å².